The van der Waals surface area contributed by atoms with Crippen LogP contribution < -0.4 is 14.9 Å². The number of benzene rings is 3. The maximum Gasteiger partial charge on any atom is 0.264 e. The van der Waals surface area contributed by atoms with E-state index in [1.54, 1.807) is 60.7 Å². The summed E-state index contributed by atoms with van der Waals surface area (Å²) in [6, 6.07) is 21.5. The van der Waals surface area contributed by atoms with Crippen LogP contribution in [0.15, 0.2) is 83.8 Å². The number of sulfonamides is 1. The second-order valence-electron chi connectivity index (χ2n) is 7.51. The van der Waals surface area contributed by atoms with Crippen LogP contribution in [-0.2, 0) is 14.8 Å². The van der Waals surface area contributed by atoms with E-state index in [0.29, 0.717) is 23.5 Å². The van der Waals surface area contributed by atoms with Crippen molar-refractivity contribution < 1.29 is 18.0 Å². The lowest BCUT2D eigenvalue weighted by molar-refractivity contribution is -0.114. The molecule has 0 saturated carbocycles. The minimum atomic E-state index is -4.00. The van der Waals surface area contributed by atoms with E-state index < -0.39 is 22.5 Å². The molecule has 0 spiro atoms. The third-order valence-corrected chi connectivity index (χ3v) is 6.68. The molecule has 0 heterocycles. The summed E-state index contributed by atoms with van der Waals surface area (Å²) in [6.07, 6.45) is 0.781. The maximum atomic E-state index is 13.4. The van der Waals surface area contributed by atoms with Crippen LogP contribution in [0.2, 0.25) is 0 Å². The van der Waals surface area contributed by atoms with Gasteiger partial charge in [0.2, 0.25) is 5.91 Å². The van der Waals surface area contributed by atoms with E-state index in [4.69, 9.17) is 0 Å². The van der Waals surface area contributed by atoms with Crippen LogP contribution in [-0.4, -0.2) is 33.3 Å². The standard InChI is InChI=1S/C25H27N3O4S/c1-3-16-26-25(30)22-14-7-8-15-23(22)27-24(29)18-28(20-11-9-10-19(2)17-20)33(31,32)21-12-5-4-6-13-21/h4-15,17H,3,16,18H2,1-2H3,(H,26,30)(H,27,29). The van der Waals surface area contributed by atoms with Crippen molar-refractivity contribution in [3.63, 3.8) is 0 Å². The Labute approximate surface area is 194 Å². The van der Waals surface area contributed by atoms with Crippen LogP contribution in [0, 0.1) is 6.92 Å². The highest BCUT2D eigenvalue weighted by atomic mass is 32.2. The summed E-state index contributed by atoms with van der Waals surface area (Å²) in [4.78, 5) is 25.5. The first-order valence-corrected chi connectivity index (χ1v) is 12.1. The first kappa shape index (κ1) is 24.0. The van der Waals surface area contributed by atoms with Crippen molar-refractivity contribution in [2.24, 2.45) is 0 Å². The largest absolute Gasteiger partial charge is 0.352 e. The number of aryl methyl sites for hydroxylation is 1. The Bertz CT molecular complexity index is 1230. The van der Waals surface area contributed by atoms with E-state index >= 15 is 0 Å². The molecule has 0 atom stereocenters. The molecule has 2 N–H and O–H groups in total. The fraction of sp³-hybridized carbons (Fsp3) is 0.200. The molecule has 172 valence electrons. The molecule has 0 aliphatic heterocycles. The summed E-state index contributed by atoms with van der Waals surface area (Å²) in [6.45, 7) is 3.85. The Morgan fingerprint density at radius 1 is 0.909 bits per heavy atom. The average molecular weight is 466 g/mol. The van der Waals surface area contributed by atoms with Gasteiger partial charge in [0.1, 0.15) is 6.54 Å². The summed E-state index contributed by atoms with van der Waals surface area (Å²) in [5.74, 6) is -0.869. The van der Waals surface area contributed by atoms with Gasteiger partial charge in [-0.1, -0.05) is 49.4 Å². The number of rotatable bonds is 9. The summed E-state index contributed by atoms with van der Waals surface area (Å²) in [7, 11) is -4.00. The Kier molecular flexibility index (Phi) is 7.84. The molecule has 7 nitrogen and oxygen atoms in total. The van der Waals surface area contributed by atoms with Gasteiger partial charge in [-0.15, -0.1) is 0 Å². The topological polar surface area (TPSA) is 95.6 Å². The third-order valence-electron chi connectivity index (χ3n) is 4.89. The Hall–Kier alpha value is -3.65. The number of carbonyl (C=O) groups excluding carboxylic acids is 2. The molecular formula is C25H27N3O4S. The number of amides is 2. The zero-order chi connectivity index (χ0) is 23.8. The predicted octanol–water partition coefficient (Wildman–Crippen LogP) is 3.97. The number of hydrogen-bond donors (Lipinski definition) is 2. The highest BCUT2D eigenvalue weighted by Crippen LogP contribution is 2.25. The average Bonchev–Trinajstić information content (AvgIpc) is 2.82. The van der Waals surface area contributed by atoms with Gasteiger partial charge in [-0.2, -0.15) is 0 Å². The quantitative estimate of drug-likeness (QED) is 0.500. The van der Waals surface area contributed by atoms with Crippen molar-refractivity contribution in [2.45, 2.75) is 25.2 Å². The third kappa shape index (κ3) is 5.98. The lowest BCUT2D eigenvalue weighted by Crippen LogP contribution is -2.38. The van der Waals surface area contributed by atoms with Crippen LogP contribution in [0.5, 0.6) is 0 Å². The van der Waals surface area contributed by atoms with E-state index in [1.165, 1.54) is 12.1 Å². The number of nitrogens with one attached hydrogen (secondary N) is 2. The predicted molar refractivity (Wildman–Crippen MR) is 130 cm³/mol. The number of hydrogen-bond acceptors (Lipinski definition) is 4. The zero-order valence-electron chi connectivity index (χ0n) is 18.6. The van der Waals surface area contributed by atoms with Gasteiger partial charge in [-0.3, -0.25) is 13.9 Å². The van der Waals surface area contributed by atoms with Crippen molar-refractivity contribution in [3.05, 3.63) is 90.0 Å². The van der Waals surface area contributed by atoms with Crippen LogP contribution >= 0.6 is 0 Å². The Morgan fingerprint density at radius 3 is 2.30 bits per heavy atom. The highest BCUT2D eigenvalue weighted by Gasteiger charge is 2.27. The number of carbonyl (C=O) groups is 2. The molecule has 0 fully saturated rings. The summed E-state index contributed by atoms with van der Waals surface area (Å²) in [5, 5.41) is 5.48. The smallest absolute Gasteiger partial charge is 0.264 e. The molecule has 0 bridgehead atoms. The second kappa shape index (κ2) is 10.8. The van der Waals surface area contributed by atoms with Gasteiger partial charge < -0.3 is 10.6 Å². The summed E-state index contributed by atoms with van der Waals surface area (Å²) in [5.41, 5.74) is 1.87. The van der Waals surface area contributed by atoms with Crippen LogP contribution in [0.25, 0.3) is 0 Å². The minimum Gasteiger partial charge on any atom is -0.352 e. The Balaban J connectivity index is 1.90. The molecule has 33 heavy (non-hydrogen) atoms. The molecule has 3 aromatic rings. The second-order valence-corrected chi connectivity index (χ2v) is 9.38. The molecule has 0 aromatic heterocycles. The van der Waals surface area contributed by atoms with Crippen LogP contribution in [0.3, 0.4) is 0 Å². The monoisotopic (exact) mass is 465 g/mol. The van der Waals surface area contributed by atoms with Crippen molar-refractivity contribution >= 4 is 33.2 Å². The van der Waals surface area contributed by atoms with Gasteiger partial charge in [-0.25, -0.2) is 8.42 Å². The van der Waals surface area contributed by atoms with Crippen molar-refractivity contribution in [2.75, 3.05) is 22.7 Å². The highest BCUT2D eigenvalue weighted by molar-refractivity contribution is 7.92. The van der Waals surface area contributed by atoms with Gasteiger partial charge in [0.05, 0.1) is 21.8 Å². The SMILES string of the molecule is CCCNC(=O)c1ccccc1NC(=O)CN(c1cccc(C)c1)S(=O)(=O)c1ccccc1. The van der Waals surface area contributed by atoms with E-state index in [9.17, 15) is 18.0 Å². The van der Waals surface area contributed by atoms with Crippen molar-refractivity contribution in [1.82, 2.24) is 5.32 Å². The Morgan fingerprint density at radius 2 is 1.61 bits per heavy atom. The molecule has 0 radical (unpaired) electrons. The lowest BCUT2D eigenvalue weighted by Gasteiger charge is -2.24. The summed E-state index contributed by atoms with van der Waals surface area (Å²) < 4.78 is 27.9. The molecule has 8 heteroatoms. The van der Waals surface area contributed by atoms with E-state index in [2.05, 4.69) is 10.6 Å². The number of nitrogens with zero attached hydrogens (tertiary/aromatic N) is 1. The zero-order valence-corrected chi connectivity index (χ0v) is 19.4. The van der Waals surface area contributed by atoms with Crippen molar-refractivity contribution in [1.29, 1.82) is 0 Å². The molecule has 0 aliphatic rings. The number of anilines is 2. The van der Waals surface area contributed by atoms with Gasteiger partial charge >= 0.3 is 0 Å². The fourth-order valence-corrected chi connectivity index (χ4v) is 4.70. The summed E-state index contributed by atoms with van der Waals surface area (Å²) >= 11 is 0. The van der Waals surface area contributed by atoms with Gasteiger partial charge in [-0.05, 0) is 55.3 Å². The molecular weight excluding hydrogens is 438 g/mol. The normalized spacial score (nSPS) is 11.0. The maximum absolute atomic E-state index is 13.4. The molecule has 0 aliphatic carbocycles. The first-order chi connectivity index (χ1) is 15.8. The van der Waals surface area contributed by atoms with E-state index in [-0.39, 0.29) is 10.8 Å². The molecule has 3 rings (SSSR count). The van der Waals surface area contributed by atoms with Crippen LogP contribution in [0.1, 0.15) is 29.3 Å². The number of para-hydroxylation sites is 1. The first-order valence-electron chi connectivity index (χ1n) is 10.6. The van der Waals surface area contributed by atoms with Gasteiger partial charge in [0, 0.05) is 6.54 Å². The minimum absolute atomic E-state index is 0.0821. The molecule has 3 aromatic carbocycles. The van der Waals surface area contributed by atoms with Gasteiger partial charge in [0.25, 0.3) is 15.9 Å². The van der Waals surface area contributed by atoms with Crippen LogP contribution in [0.4, 0.5) is 11.4 Å². The van der Waals surface area contributed by atoms with E-state index in [1.807, 2.05) is 19.9 Å². The van der Waals surface area contributed by atoms with Gasteiger partial charge in [0.15, 0.2) is 0 Å². The van der Waals surface area contributed by atoms with Crippen molar-refractivity contribution in [3.8, 4) is 0 Å². The van der Waals surface area contributed by atoms with E-state index in [0.717, 1.165) is 16.3 Å². The fourth-order valence-electron chi connectivity index (χ4n) is 3.26. The molecule has 2 amide bonds. The molecule has 0 saturated heterocycles. The lowest BCUT2D eigenvalue weighted by atomic mass is 10.1. The molecule has 0 unspecified atom stereocenters.